The van der Waals surface area contributed by atoms with Gasteiger partial charge in [0.05, 0.1) is 23.1 Å². The first-order valence-electron chi connectivity index (χ1n) is 8.20. The molecule has 3 N–H and O–H groups in total. The van der Waals surface area contributed by atoms with Crippen molar-refractivity contribution in [2.45, 2.75) is 46.1 Å². The van der Waals surface area contributed by atoms with Gasteiger partial charge in [0.25, 0.3) is 0 Å². The fraction of sp³-hybridized carbons (Fsp3) is 0.368. The number of hydrogen-bond acceptors (Lipinski definition) is 6. The molecule has 0 saturated heterocycles. The van der Waals surface area contributed by atoms with E-state index in [-0.39, 0.29) is 5.69 Å². The molecule has 26 heavy (non-hydrogen) atoms. The second kappa shape index (κ2) is 7.30. The van der Waals surface area contributed by atoms with E-state index in [0.717, 1.165) is 0 Å². The third kappa shape index (κ3) is 4.11. The van der Waals surface area contributed by atoms with Crippen molar-refractivity contribution >= 4 is 11.7 Å². The highest BCUT2D eigenvalue weighted by atomic mass is 16.8. The number of nitrogens with zero attached hydrogens (tertiary/aromatic N) is 1. The molecule has 1 unspecified atom stereocenters. The molecule has 0 aliphatic carbocycles. The van der Waals surface area contributed by atoms with E-state index in [1.807, 2.05) is 0 Å². The summed E-state index contributed by atoms with van der Waals surface area (Å²) in [6.45, 7) is 8.79. The number of quaternary nitrogens is 1. The third-order valence-electron chi connectivity index (χ3n) is 3.97. The van der Waals surface area contributed by atoms with Gasteiger partial charge in [-0.15, -0.1) is 0 Å². The second-order valence-electron chi connectivity index (χ2n) is 7.18. The summed E-state index contributed by atoms with van der Waals surface area (Å²) in [5.41, 5.74) is 1.84. The molecule has 7 heteroatoms. The Balaban J connectivity index is 2.61. The number of allylic oxidation sites excluding steroid dienone is 3. The van der Waals surface area contributed by atoms with Gasteiger partial charge in [-0.2, -0.15) is 10.5 Å². The van der Waals surface area contributed by atoms with E-state index in [9.17, 15) is 20.5 Å². The van der Waals surface area contributed by atoms with Gasteiger partial charge in [0, 0.05) is 23.5 Å². The molecule has 138 valence electrons. The molecule has 1 aliphatic rings. The number of nitrogens with one attached hydrogen (secondary N) is 2. The van der Waals surface area contributed by atoms with Crippen LogP contribution in [0.4, 0.5) is 5.69 Å². The molecule has 0 radical (unpaired) electrons. The number of hydrogen-bond donors (Lipinski definition) is 3. The number of rotatable bonds is 3. The van der Waals surface area contributed by atoms with Crippen LogP contribution in [0.15, 0.2) is 46.8 Å². The van der Waals surface area contributed by atoms with Crippen LogP contribution in [0.2, 0.25) is 0 Å². The van der Waals surface area contributed by atoms with Gasteiger partial charge in [-0.25, -0.2) is 10.0 Å². The highest BCUT2D eigenvalue weighted by molar-refractivity contribution is 5.93. The van der Waals surface area contributed by atoms with Crippen LogP contribution in [-0.2, 0) is 9.53 Å². The number of benzene rings is 1. The Kier molecular flexibility index (Phi) is 5.52. The van der Waals surface area contributed by atoms with Crippen molar-refractivity contribution in [1.82, 2.24) is 5.32 Å². The maximum Gasteiger partial charge on any atom is 0.337 e. The van der Waals surface area contributed by atoms with Crippen molar-refractivity contribution in [3.8, 4) is 6.07 Å². The van der Waals surface area contributed by atoms with Crippen LogP contribution in [0, 0.1) is 16.5 Å². The van der Waals surface area contributed by atoms with Crippen molar-refractivity contribution in [2.75, 3.05) is 0 Å². The molecule has 0 amide bonds. The zero-order valence-corrected chi connectivity index (χ0v) is 15.5. The van der Waals surface area contributed by atoms with Crippen molar-refractivity contribution < 1.29 is 20.0 Å². The van der Waals surface area contributed by atoms with Gasteiger partial charge in [0.15, 0.2) is 5.69 Å². The number of ether oxygens (including phenoxy) is 1. The number of dihydropyridines is 1. The van der Waals surface area contributed by atoms with E-state index in [2.05, 4.69) is 11.4 Å². The summed E-state index contributed by atoms with van der Waals surface area (Å²) >= 11 is 0. The molecule has 0 aromatic heterocycles. The normalized spacial score (nSPS) is 18.9. The van der Waals surface area contributed by atoms with Crippen molar-refractivity contribution in [3.05, 3.63) is 57.6 Å². The van der Waals surface area contributed by atoms with E-state index >= 15 is 0 Å². The Labute approximate surface area is 152 Å². The Bertz CT molecular complexity index is 826. The Morgan fingerprint density at radius 2 is 2.00 bits per heavy atom. The van der Waals surface area contributed by atoms with Crippen LogP contribution in [0.5, 0.6) is 0 Å². The van der Waals surface area contributed by atoms with E-state index in [1.54, 1.807) is 46.8 Å². The summed E-state index contributed by atoms with van der Waals surface area (Å²) in [6.07, 6.45) is 0. The van der Waals surface area contributed by atoms with E-state index in [1.165, 1.54) is 12.1 Å². The smallest absolute Gasteiger partial charge is 0.337 e. The summed E-state index contributed by atoms with van der Waals surface area (Å²) in [5, 5.41) is 32.2. The van der Waals surface area contributed by atoms with E-state index < -0.39 is 22.7 Å². The van der Waals surface area contributed by atoms with Crippen molar-refractivity contribution in [1.29, 1.82) is 5.26 Å². The van der Waals surface area contributed by atoms with Gasteiger partial charge in [-0.05, 0) is 40.2 Å². The molecule has 0 saturated carbocycles. The van der Waals surface area contributed by atoms with Crippen LogP contribution in [0.3, 0.4) is 0 Å². The summed E-state index contributed by atoms with van der Waals surface area (Å²) in [4.78, 5) is 12.8. The van der Waals surface area contributed by atoms with Gasteiger partial charge in [-0.3, -0.25) is 0 Å². The topological polar surface area (TPSA) is 110 Å². The molecule has 0 spiro atoms. The van der Waals surface area contributed by atoms with E-state index in [4.69, 9.17) is 4.74 Å². The Morgan fingerprint density at radius 3 is 2.54 bits per heavy atom. The highest BCUT2D eigenvalue weighted by Gasteiger charge is 2.36. The van der Waals surface area contributed by atoms with Gasteiger partial charge < -0.3 is 15.3 Å². The van der Waals surface area contributed by atoms with Crippen LogP contribution >= 0.6 is 0 Å². The highest BCUT2D eigenvalue weighted by Crippen LogP contribution is 2.39. The lowest BCUT2D eigenvalue weighted by Gasteiger charge is -2.30. The SMILES string of the molecule is CC1=C(C#N)[C@H](c2cccc([NH+]([O-])O)c2)C(C(=O)OC(C)(C)C)=C(C)N1. The van der Waals surface area contributed by atoms with Gasteiger partial charge in [0.1, 0.15) is 5.60 Å². The minimum absolute atomic E-state index is 0.0946. The zero-order chi connectivity index (χ0) is 19.6. The van der Waals surface area contributed by atoms with Crippen LogP contribution in [0.1, 0.15) is 46.1 Å². The fourth-order valence-electron chi connectivity index (χ4n) is 2.93. The second-order valence-corrected chi connectivity index (χ2v) is 7.18. The first-order chi connectivity index (χ1) is 12.0. The monoisotopic (exact) mass is 357 g/mol. The molecular formula is C19H23N3O4. The minimum Gasteiger partial charge on any atom is -0.595 e. The van der Waals surface area contributed by atoms with E-state index in [0.29, 0.717) is 28.1 Å². The average Bonchev–Trinajstić information content (AvgIpc) is 2.52. The van der Waals surface area contributed by atoms with Crippen molar-refractivity contribution in [2.24, 2.45) is 0 Å². The molecule has 2 atom stereocenters. The molecule has 2 rings (SSSR count). The van der Waals surface area contributed by atoms with Gasteiger partial charge >= 0.3 is 5.97 Å². The molecule has 1 aromatic carbocycles. The van der Waals surface area contributed by atoms with Gasteiger partial charge in [0.2, 0.25) is 0 Å². The predicted molar refractivity (Wildman–Crippen MR) is 95.0 cm³/mol. The fourth-order valence-corrected chi connectivity index (χ4v) is 2.93. The number of esters is 1. The quantitative estimate of drug-likeness (QED) is 0.565. The number of carbonyl (C=O) groups excluding carboxylic acids is 1. The Morgan fingerprint density at radius 1 is 1.35 bits per heavy atom. The molecule has 1 aliphatic heterocycles. The predicted octanol–water partition coefficient (Wildman–Crippen LogP) is 2.19. The lowest BCUT2D eigenvalue weighted by Crippen LogP contribution is -2.99. The Hall–Kier alpha value is -2.66. The number of carbonyl (C=O) groups is 1. The maximum absolute atomic E-state index is 12.8. The summed E-state index contributed by atoms with van der Waals surface area (Å²) in [5.74, 6) is -1.22. The van der Waals surface area contributed by atoms with Crippen LogP contribution in [-0.4, -0.2) is 16.8 Å². The van der Waals surface area contributed by atoms with Crippen LogP contribution in [0.25, 0.3) is 0 Å². The molecule has 0 bridgehead atoms. The van der Waals surface area contributed by atoms with Crippen LogP contribution < -0.4 is 10.5 Å². The first kappa shape index (κ1) is 19.7. The summed E-state index contributed by atoms with van der Waals surface area (Å²) in [6, 6.07) is 8.42. The van der Waals surface area contributed by atoms with Crippen molar-refractivity contribution in [3.63, 3.8) is 0 Å². The van der Waals surface area contributed by atoms with Gasteiger partial charge in [-0.1, -0.05) is 12.1 Å². The largest absolute Gasteiger partial charge is 0.595 e. The maximum atomic E-state index is 12.8. The lowest BCUT2D eigenvalue weighted by atomic mass is 9.81. The summed E-state index contributed by atoms with van der Waals surface area (Å²) < 4.78 is 5.52. The molecular weight excluding hydrogens is 334 g/mol. The number of nitriles is 1. The standard InChI is InChI=1S/C19H23N3O4/c1-11-15(10-20)17(13-7-6-8-14(9-13)22(24)25)16(12(2)21-11)18(23)26-19(3,4)5/h6-9,17,21-22,24H,1-5H3/t17-/m0/s1. The summed E-state index contributed by atoms with van der Waals surface area (Å²) in [7, 11) is 0. The molecule has 7 nitrogen and oxygen atoms in total. The first-order valence-corrected chi connectivity index (χ1v) is 8.20. The molecule has 1 aromatic rings. The zero-order valence-electron chi connectivity index (χ0n) is 15.5. The lowest BCUT2D eigenvalue weighted by molar-refractivity contribution is -0.991. The average molecular weight is 357 g/mol. The molecule has 1 heterocycles. The third-order valence-corrected chi connectivity index (χ3v) is 3.97. The minimum atomic E-state index is -1.07. The molecule has 0 fully saturated rings.